The third kappa shape index (κ3) is 2.35. The van der Waals surface area contributed by atoms with E-state index in [0.717, 1.165) is 4.90 Å². The first-order valence-corrected chi connectivity index (χ1v) is 7.55. The van der Waals surface area contributed by atoms with Gasteiger partial charge < -0.3 is 9.73 Å². The first-order chi connectivity index (χ1) is 11.9. The van der Waals surface area contributed by atoms with Crippen LogP contribution < -0.4 is 5.32 Å². The van der Waals surface area contributed by atoms with E-state index in [1.54, 1.807) is 24.9 Å². The number of halogens is 1. The molecule has 128 valence electrons. The van der Waals surface area contributed by atoms with Gasteiger partial charge in [0.1, 0.15) is 23.4 Å². The maximum Gasteiger partial charge on any atom is 0.325 e. The molecule has 0 aliphatic carbocycles. The van der Waals surface area contributed by atoms with E-state index < -0.39 is 23.3 Å². The number of nitrogens with one attached hydrogen (secondary N) is 1. The first kappa shape index (κ1) is 15.3. The van der Waals surface area contributed by atoms with Crippen LogP contribution in [0.5, 0.6) is 0 Å². The Kier molecular flexibility index (Phi) is 3.14. The monoisotopic (exact) mass is 343 g/mol. The van der Waals surface area contributed by atoms with Crippen LogP contribution in [0.2, 0.25) is 0 Å². The summed E-state index contributed by atoms with van der Waals surface area (Å²) >= 11 is 0. The molecule has 0 spiro atoms. The molecule has 0 saturated carbocycles. The number of carbonyl (C=O) groups is 2. The lowest BCUT2D eigenvalue weighted by atomic mass is 9.95. The molecule has 25 heavy (non-hydrogen) atoms. The van der Waals surface area contributed by atoms with Gasteiger partial charge in [-0.25, -0.2) is 14.2 Å². The number of urea groups is 1. The quantitative estimate of drug-likeness (QED) is 0.730. The first-order valence-electron chi connectivity index (χ1n) is 7.55. The number of carbonyl (C=O) groups excluding carboxylic acids is 2. The van der Waals surface area contributed by atoms with E-state index in [1.807, 2.05) is 0 Å². The molecule has 1 saturated heterocycles. The van der Waals surface area contributed by atoms with Crippen molar-refractivity contribution in [1.29, 1.82) is 0 Å². The Hall–Kier alpha value is -3.23. The molecule has 1 aromatic carbocycles. The van der Waals surface area contributed by atoms with Crippen LogP contribution in [0, 0.1) is 5.82 Å². The van der Waals surface area contributed by atoms with Gasteiger partial charge in [-0.2, -0.15) is 5.10 Å². The van der Waals surface area contributed by atoms with Gasteiger partial charge >= 0.3 is 6.03 Å². The number of amides is 3. The van der Waals surface area contributed by atoms with E-state index >= 15 is 0 Å². The van der Waals surface area contributed by atoms with Crippen molar-refractivity contribution in [2.75, 3.05) is 0 Å². The number of imide groups is 1. The summed E-state index contributed by atoms with van der Waals surface area (Å²) in [7, 11) is 1.73. The molecule has 0 unspecified atom stereocenters. The number of fused-ring (bicyclic) bond motifs is 1. The number of hydrogen-bond donors (Lipinski definition) is 1. The van der Waals surface area contributed by atoms with Gasteiger partial charge in [-0.05, 0) is 19.1 Å². The van der Waals surface area contributed by atoms with Crippen molar-refractivity contribution < 1.29 is 18.4 Å². The van der Waals surface area contributed by atoms with Crippen molar-refractivity contribution in [2.45, 2.75) is 19.0 Å². The van der Waals surface area contributed by atoms with Crippen molar-refractivity contribution in [3.63, 3.8) is 0 Å². The highest BCUT2D eigenvalue weighted by Gasteiger charge is 2.50. The molecule has 1 aliphatic heterocycles. The molecule has 3 heterocycles. The van der Waals surface area contributed by atoms with Gasteiger partial charge in [0, 0.05) is 24.9 Å². The Bertz CT molecular complexity index is 1010. The second-order valence-corrected chi connectivity index (χ2v) is 6.07. The number of aryl methyl sites for hydroxylation is 1. The van der Waals surface area contributed by atoms with E-state index in [4.69, 9.17) is 4.42 Å². The SMILES string of the molecule is Cn1cc([C@]2(C)NC(=O)N(Cc3nc4ccc(F)cc4o3)C2=O)cn1. The summed E-state index contributed by atoms with van der Waals surface area (Å²) < 4.78 is 20.2. The van der Waals surface area contributed by atoms with E-state index in [1.165, 1.54) is 24.4 Å². The van der Waals surface area contributed by atoms with Gasteiger partial charge in [0.15, 0.2) is 5.58 Å². The van der Waals surface area contributed by atoms with E-state index in [-0.39, 0.29) is 18.0 Å². The van der Waals surface area contributed by atoms with Crippen LogP contribution in [0.15, 0.2) is 35.0 Å². The zero-order chi connectivity index (χ0) is 17.8. The Labute approximate surface area is 141 Å². The Morgan fingerprint density at radius 3 is 2.88 bits per heavy atom. The highest BCUT2D eigenvalue weighted by molar-refractivity contribution is 6.07. The molecule has 3 aromatic rings. The molecule has 8 nitrogen and oxygen atoms in total. The molecule has 2 aromatic heterocycles. The number of hydrogen-bond acceptors (Lipinski definition) is 5. The molecule has 1 atom stereocenters. The maximum atomic E-state index is 13.2. The molecule has 1 aliphatic rings. The van der Waals surface area contributed by atoms with Crippen molar-refractivity contribution >= 4 is 23.0 Å². The fourth-order valence-corrected chi connectivity index (χ4v) is 2.86. The summed E-state index contributed by atoms with van der Waals surface area (Å²) in [6.45, 7) is 1.47. The van der Waals surface area contributed by atoms with Crippen LogP contribution in [-0.4, -0.2) is 31.6 Å². The normalized spacial score (nSPS) is 20.5. The van der Waals surface area contributed by atoms with Gasteiger partial charge in [0.05, 0.1) is 6.20 Å². The van der Waals surface area contributed by atoms with Crippen LogP contribution >= 0.6 is 0 Å². The van der Waals surface area contributed by atoms with Crippen LogP contribution in [0.1, 0.15) is 18.4 Å². The van der Waals surface area contributed by atoms with Gasteiger partial charge in [-0.1, -0.05) is 0 Å². The fraction of sp³-hybridized carbons (Fsp3) is 0.250. The lowest BCUT2D eigenvalue weighted by Gasteiger charge is -2.19. The van der Waals surface area contributed by atoms with Gasteiger partial charge in [0.25, 0.3) is 5.91 Å². The minimum atomic E-state index is -1.20. The Morgan fingerprint density at radius 2 is 2.16 bits per heavy atom. The maximum absolute atomic E-state index is 13.2. The summed E-state index contributed by atoms with van der Waals surface area (Å²) in [6.07, 6.45) is 3.20. The van der Waals surface area contributed by atoms with Crippen LogP contribution in [0.4, 0.5) is 9.18 Å². The minimum Gasteiger partial charge on any atom is -0.439 e. The topological polar surface area (TPSA) is 93.3 Å². The summed E-state index contributed by atoms with van der Waals surface area (Å²) in [4.78, 5) is 30.3. The standard InChI is InChI=1S/C16H14FN5O3/c1-16(9-6-18-21(2)7-9)14(23)22(15(24)20-16)8-13-19-11-4-3-10(17)5-12(11)25-13/h3-7H,8H2,1-2H3,(H,20,24)/t16-/m0/s1. The van der Waals surface area contributed by atoms with Crippen molar-refractivity contribution in [3.05, 3.63) is 47.9 Å². The zero-order valence-electron chi connectivity index (χ0n) is 13.5. The van der Waals surface area contributed by atoms with Crippen LogP contribution in [0.25, 0.3) is 11.1 Å². The largest absolute Gasteiger partial charge is 0.439 e. The smallest absolute Gasteiger partial charge is 0.325 e. The number of rotatable bonds is 3. The Morgan fingerprint density at radius 1 is 1.36 bits per heavy atom. The molecule has 1 N–H and O–H groups in total. The minimum absolute atomic E-state index is 0.142. The second kappa shape index (κ2) is 5.13. The van der Waals surface area contributed by atoms with Crippen molar-refractivity contribution in [2.24, 2.45) is 7.05 Å². The third-order valence-electron chi connectivity index (χ3n) is 4.25. The Balaban J connectivity index is 1.63. The molecule has 3 amide bonds. The van der Waals surface area contributed by atoms with E-state index in [0.29, 0.717) is 11.1 Å². The molecule has 1 fully saturated rings. The molecule has 4 rings (SSSR count). The van der Waals surface area contributed by atoms with E-state index in [9.17, 15) is 14.0 Å². The highest BCUT2D eigenvalue weighted by Crippen LogP contribution is 2.29. The van der Waals surface area contributed by atoms with Gasteiger partial charge in [-0.3, -0.25) is 14.4 Å². The van der Waals surface area contributed by atoms with Crippen molar-refractivity contribution in [1.82, 2.24) is 25.0 Å². The number of oxazole rings is 1. The molecule has 0 radical (unpaired) electrons. The summed E-state index contributed by atoms with van der Waals surface area (Å²) in [5.41, 5.74) is 0.0924. The van der Waals surface area contributed by atoms with Gasteiger partial charge in [-0.15, -0.1) is 0 Å². The molecular formula is C16H14FN5O3. The predicted molar refractivity (Wildman–Crippen MR) is 83.6 cm³/mol. The predicted octanol–water partition coefficient (Wildman–Crippen LogP) is 1.67. The fourth-order valence-electron chi connectivity index (χ4n) is 2.86. The summed E-state index contributed by atoms with van der Waals surface area (Å²) in [5, 5.41) is 6.72. The number of nitrogens with zero attached hydrogens (tertiary/aromatic N) is 4. The zero-order valence-corrected chi connectivity index (χ0v) is 13.5. The molecule has 0 bridgehead atoms. The van der Waals surface area contributed by atoms with Gasteiger partial charge in [0.2, 0.25) is 5.89 Å². The molecule has 9 heteroatoms. The third-order valence-corrected chi connectivity index (χ3v) is 4.25. The van der Waals surface area contributed by atoms with Crippen molar-refractivity contribution in [3.8, 4) is 0 Å². The van der Waals surface area contributed by atoms with Crippen LogP contribution in [-0.2, 0) is 23.9 Å². The lowest BCUT2D eigenvalue weighted by Crippen LogP contribution is -2.40. The summed E-state index contributed by atoms with van der Waals surface area (Å²) in [5.74, 6) is -0.729. The van der Waals surface area contributed by atoms with E-state index in [2.05, 4.69) is 15.4 Å². The number of benzene rings is 1. The van der Waals surface area contributed by atoms with Crippen LogP contribution in [0.3, 0.4) is 0 Å². The molecular weight excluding hydrogens is 329 g/mol. The lowest BCUT2D eigenvalue weighted by molar-refractivity contribution is -0.131. The second-order valence-electron chi connectivity index (χ2n) is 6.07. The summed E-state index contributed by atoms with van der Waals surface area (Å²) in [6, 6.07) is 3.40. The number of aromatic nitrogens is 3. The average molecular weight is 343 g/mol. The highest BCUT2D eigenvalue weighted by atomic mass is 19.1. The average Bonchev–Trinajstić information content (AvgIpc) is 3.21.